The number of anilines is 1. The quantitative estimate of drug-likeness (QED) is 0.740. The molecule has 3 aliphatic rings. The van der Waals surface area contributed by atoms with Gasteiger partial charge in [0.1, 0.15) is 6.33 Å². The fourth-order valence-corrected chi connectivity index (χ4v) is 4.80. The molecule has 3 fully saturated rings. The lowest BCUT2D eigenvalue weighted by molar-refractivity contribution is -0.115. The minimum absolute atomic E-state index is 0.0764. The maximum Gasteiger partial charge on any atom is 0.290 e. The normalized spacial score (nSPS) is 24.5. The number of rotatable bonds is 3. The molecular formula is C20H18N6O3S. The second-order valence-electron chi connectivity index (χ2n) is 7.50. The molecule has 9 nitrogen and oxygen atoms in total. The Balaban J connectivity index is 1.26. The molecule has 1 aromatic heterocycles. The van der Waals surface area contributed by atoms with Gasteiger partial charge in [-0.05, 0) is 23.9 Å². The molecule has 3 aliphatic heterocycles. The third-order valence-electron chi connectivity index (χ3n) is 5.56. The number of carbonyl (C=O) groups is 3. The first kappa shape index (κ1) is 18.7. The number of thioether (sulfide) groups is 1. The van der Waals surface area contributed by atoms with Crippen LogP contribution in [0.25, 0.3) is 6.08 Å². The summed E-state index contributed by atoms with van der Waals surface area (Å²) >= 11 is 0.831. The van der Waals surface area contributed by atoms with Gasteiger partial charge in [-0.2, -0.15) is 4.98 Å². The van der Waals surface area contributed by atoms with Crippen LogP contribution in [0.3, 0.4) is 0 Å². The Hall–Kier alpha value is -3.27. The predicted molar refractivity (Wildman–Crippen MR) is 110 cm³/mol. The lowest BCUT2D eigenvalue weighted by Crippen LogP contribution is -2.33. The van der Waals surface area contributed by atoms with Crippen LogP contribution in [0.15, 0.2) is 41.6 Å². The lowest BCUT2D eigenvalue weighted by Gasteiger charge is -2.21. The van der Waals surface area contributed by atoms with Crippen molar-refractivity contribution < 1.29 is 14.4 Å². The smallest absolute Gasteiger partial charge is 0.290 e. The summed E-state index contributed by atoms with van der Waals surface area (Å²) in [6.07, 6.45) is 2.90. The van der Waals surface area contributed by atoms with Gasteiger partial charge in [0.05, 0.1) is 4.91 Å². The van der Waals surface area contributed by atoms with Gasteiger partial charge in [0.25, 0.3) is 17.1 Å². The van der Waals surface area contributed by atoms with E-state index in [0.717, 1.165) is 43.5 Å². The van der Waals surface area contributed by atoms with Gasteiger partial charge in [0.15, 0.2) is 5.82 Å². The van der Waals surface area contributed by atoms with Crippen LogP contribution in [-0.2, 0) is 4.79 Å². The first-order chi connectivity index (χ1) is 14.6. The first-order valence-corrected chi connectivity index (χ1v) is 10.4. The highest BCUT2D eigenvalue weighted by Crippen LogP contribution is 2.33. The average Bonchev–Trinajstić information content (AvgIpc) is 3.41. The van der Waals surface area contributed by atoms with Crippen molar-refractivity contribution in [1.29, 1.82) is 0 Å². The fraction of sp³-hybridized carbons (Fsp3) is 0.300. The molecule has 0 radical (unpaired) electrons. The Labute approximate surface area is 176 Å². The second kappa shape index (κ2) is 7.52. The number of benzene rings is 1. The van der Waals surface area contributed by atoms with Gasteiger partial charge in [0, 0.05) is 49.7 Å². The van der Waals surface area contributed by atoms with Gasteiger partial charge >= 0.3 is 0 Å². The van der Waals surface area contributed by atoms with Crippen LogP contribution in [-0.4, -0.2) is 63.1 Å². The molecule has 2 aromatic rings. The van der Waals surface area contributed by atoms with Crippen molar-refractivity contribution in [3.8, 4) is 0 Å². The van der Waals surface area contributed by atoms with Crippen molar-refractivity contribution in [2.45, 2.75) is 0 Å². The number of nitrogens with zero attached hydrogens (tertiary/aromatic N) is 5. The molecule has 1 aromatic carbocycles. The van der Waals surface area contributed by atoms with E-state index in [1.54, 1.807) is 0 Å². The van der Waals surface area contributed by atoms with Crippen LogP contribution >= 0.6 is 11.8 Å². The van der Waals surface area contributed by atoms with E-state index in [2.05, 4.69) is 25.2 Å². The SMILES string of the molecule is O=C1NC(=O)/C(=C\c2ncnc(N3CC4CN(C(=O)c5ccccc5)CC4C3)n2)S1. The molecule has 3 saturated heterocycles. The van der Waals surface area contributed by atoms with Crippen LogP contribution in [0.4, 0.5) is 10.7 Å². The zero-order chi connectivity index (χ0) is 20.7. The van der Waals surface area contributed by atoms with Crippen molar-refractivity contribution in [2.24, 2.45) is 11.8 Å². The number of amides is 3. The molecule has 5 rings (SSSR count). The molecule has 30 heavy (non-hydrogen) atoms. The number of hydrogen-bond donors (Lipinski definition) is 1. The van der Waals surface area contributed by atoms with Gasteiger partial charge in [-0.15, -0.1) is 0 Å². The Bertz CT molecular complexity index is 1050. The summed E-state index contributed by atoms with van der Waals surface area (Å²) in [6.45, 7) is 2.96. The molecule has 152 valence electrons. The number of nitrogens with one attached hydrogen (secondary N) is 1. The molecule has 1 N–H and O–H groups in total. The second-order valence-corrected chi connectivity index (χ2v) is 8.51. The standard InChI is InChI=1S/C20H18N6O3S/c27-17-15(30-20(29)24-17)6-16-21-11-22-19(23-16)26-9-13-7-25(8-14(13)10-26)18(28)12-4-2-1-3-5-12/h1-6,11,13-14H,7-10H2,(H,24,27,29)/b15-6+. The highest BCUT2D eigenvalue weighted by molar-refractivity contribution is 8.18. The van der Waals surface area contributed by atoms with Gasteiger partial charge in [-0.3, -0.25) is 19.7 Å². The zero-order valence-corrected chi connectivity index (χ0v) is 16.7. The molecule has 4 heterocycles. The highest BCUT2D eigenvalue weighted by Gasteiger charge is 2.42. The molecule has 10 heteroatoms. The largest absolute Gasteiger partial charge is 0.340 e. The molecular weight excluding hydrogens is 404 g/mol. The molecule has 0 aliphatic carbocycles. The monoisotopic (exact) mass is 422 g/mol. The van der Waals surface area contributed by atoms with E-state index >= 15 is 0 Å². The minimum Gasteiger partial charge on any atom is -0.340 e. The summed E-state index contributed by atoms with van der Waals surface area (Å²) < 4.78 is 0. The minimum atomic E-state index is -0.439. The third-order valence-corrected chi connectivity index (χ3v) is 6.37. The van der Waals surface area contributed by atoms with Crippen molar-refractivity contribution >= 4 is 40.8 Å². The Morgan fingerprint density at radius 1 is 1.07 bits per heavy atom. The van der Waals surface area contributed by atoms with Gasteiger partial charge < -0.3 is 9.80 Å². The van der Waals surface area contributed by atoms with E-state index < -0.39 is 11.1 Å². The van der Waals surface area contributed by atoms with E-state index in [1.165, 1.54) is 12.4 Å². The van der Waals surface area contributed by atoms with Gasteiger partial charge in [-0.25, -0.2) is 9.97 Å². The van der Waals surface area contributed by atoms with Crippen LogP contribution in [0.1, 0.15) is 16.2 Å². The average molecular weight is 422 g/mol. The molecule has 2 atom stereocenters. The first-order valence-electron chi connectivity index (χ1n) is 9.60. The maximum absolute atomic E-state index is 12.7. The summed E-state index contributed by atoms with van der Waals surface area (Å²) in [5.41, 5.74) is 0.719. The van der Waals surface area contributed by atoms with Crippen LogP contribution in [0.2, 0.25) is 0 Å². The maximum atomic E-state index is 12.7. The van der Waals surface area contributed by atoms with Gasteiger partial charge in [-0.1, -0.05) is 18.2 Å². The Kier molecular flexibility index (Phi) is 4.70. The lowest BCUT2D eigenvalue weighted by atomic mass is 10.0. The molecule has 0 bridgehead atoms. The van der Waals surface area contributed by atoms with Gasteiger partial charge in [0.2, 0.25) is 5.95 Å². The van der Waals surface area contributed by atoms with E-state index in [0.29, 0.717) is 23.6 Å². The van der Waals surface area contributed by atoms with Crippen molar-refractivity contribution in [1.82, 2.24) is 25.2 Å². The topological polar surface area (TPSA) is 108 Å². The summed E-state index contributed by atoms with van der Waals surface area (Å²) in [4.78, 5) is 52.8. The van der Waals surface area contributed by atoms with E-state index in [1.807, 2.05) is 35.2 Å². The van der Waals surface area contributed by atoms with Crippen LogP contribution in [0, 0.1) is 11.8 Å². The summed E-state index contributed by atoms with van der Waals surface area (Å²) in [7, 11) is 0. The number of carbonyl (C=O) groups excluding carboxylic acids is 3. The van der Waals surface area contributed by atoms with Crippen molar-refractivity contribution in [3.05, 3.63) is 53.0 Å². The Morgan fingerprint density at radius 3 is 2.47 bits per heavy atom. The Morgan fingerprint density at radius 2 is 1.80 bits per heavy atom. The fourth-order valence-electron chi connectivity index (χ4n) is 4.15. The highest BCUT2D eigenvalue weighted by atomic mass is 32.2. The number of imide groups is 1. The molecule has 2 unspecified atom stereocenters. The number of likely N-dealkylation sites (tertiary alicyclic amines) is 1. The zero-order valence-electron chi connectivity index (χ0n) is 15.9. The molecule has 3 amide bonds. The predicted octanol–water partition coefficient (Wildman–Crippen LogP) is 1.40. The third kappa shape index (κ3) is 3.54. The number of aromatic nitrogens is 3. The molecule has 0 saturated carbocycles. The summed E-state index contributed by atoms with van der Waals surface area (Å²) in [5, 5.41) is 1.81. The summed E-state index contributed by atoms with van der Waals surface area (Å²) in [6, 6.07) is 9.36. The van der Waals surface area contributed by atoms with E-state index in [4.69, 9.17) is 0 Å². The van der Waals surface area contributed by atoms with E-state index in [9.17, 15) is 14.4 Å². The summed E-state index contributed by atoms with van der Waals surface area (Å²) in [5.74, 6) is 1.25. The van der Waals surface area contributed by atoms with Crippen LogP contribution < -0.4 is 10.2 Å². The van der Waals surface area contributed by atoms with Crippen LogP contribution in [0.5, 0.6) is 0 Å². The van der Waals surface area contributed by atoms with Crippen molar-refractivity contribution in [3.63, 3.8) is 0 Å². The van der Waals surface area contributed by atoms with E-state index in [-0.39, 0.29) is 10.8 Å². The van der Waals surface area contributed by atoms with Crippen molar-refractivity contribution in [2.75, 3.05) is 31.1 Å². The molecule has 0 spiro atoms. The number of hydrogen-bond acceptors (Lipinski definition) is 8. The number of fused-ring (bicyclic) bond motifs is 1.